The molecule has 0 radical (unpaired) electrons. The number of hydrazine groups is 1. The Kier molecular flexibility index (Phi) is 4.52. The van der Waals surface area contributed by atoms with E-state index in [0.29, 0.717) is 24.9 Å². The second-order valence-corrected chi connectivity index (χ2v) is 4.83. The lowest BCUT2D eigenvalue weighted by Crippen LogP contribution is -2.15. The minimum Gasteiger partial charge on any atom is -0.379 e. The zero-order valence-electron chi connectivity index (χ0n) is 9.45. The molecule has 0 unspecified atom stereocenters. The summed E-state index contributed by atoms with van der Waals surface area (Å²) in [6, 6.07) is 0. The summed E-state index contributed by atoms with van der Waals surface area (Å²) in [4.78, 5) is 8.14. The summed E-state index contributed by atoms with van der Waals surface area (Å²) in [6.07, 6.45) is 4.28. The van der Waals surface area contributed by atoms with E-state index in [9.17, 15) is 0 Å². The van der Waals surface area contributed by atoms with E-state index in [1.807, 2.05) is 0 Å². The lowest BCUT2D eigenvalue weighted by atomic mass is 10.5. The van der Waals surface area contributed by atoms with E-state index >= 15 is 0 Å². The van der Waals surface area contributed by atoms with Crippen molar-refractivity contribution in [1.29, 1.82) is 0 Å². The number of hydrogen-bond acceptors (Lipinski definition) is 6. The molecule has 0 aliphatic heterocycles. The number of anilines is 2. The second kappa shape index (κ2) is 6.13. The van der Waals surface area contributed by atoms with Crippen molar-refractivity contribution in [3.8, 4) is 0 Å². The van der Waals surface area contributed by atoms with Gasteiger partial charge in [-0.25, -0.2) is 10.8 Å². The molecule has 0 amide bonds. The average molecular weight is 302 g/mol. The summed E-state index contributed by atoms with van der Waals surface area (Å²) in [6.45, 7) is 2.27. The Morgan fingerprint density at radius 2 is 2.35 bits per heavy atom. The summed E-state index contributed by atoms with van der Waals surface area (Å²) in [7, 11) is 0. The first kappa shape index (κ1) is 12.5. The summed E-state index contributed by atoms with van der Waals surface area (Å²) in [5.74, 6) is 7.14. The lowest BCUT2D eigenvalue weighted by Gasteiger charge is -2.08. The first-order valence-corrected chi connectivity index (χ1v) is 6.39. The Morgan fingerprint density at radius 1 is 1.53 bits per heavy atom. The maximum absolute atomic E-state index is 5.51. The molecule has 4 N–H and O–H groups in total. The molecule has 1 aromatic heterocycles. The second-order valence-electron chi connectivity index (χ2n) is 3.98. The lowest BCUT2D eigenvalue weighted by molar-refractivity contribution is 0.134. The predicted octanol–water partition coefficient (Wildman–Crippen LogP) is 1.36. The van der Waals surface area contributed by atoms with Crippen molar-refractivity contribution in [2.75, 3.05) is 30.5 Å². The summed E-state index contributed by atoms with van der Waals surface area (Å²) >= 11 is 3.37. The number of nitrogens with two attached hydrogens (primary N) is 1. The molecular weight excluding hydrogens is 286 g/mol. The van der Waals surface area contributed by atoms with Crippen molar-refractivity contribution >= 4 is 27.7 Å². The molecule has 2 rings (SSSR count). The van der Waals surface area contributed by atoms with Crippen molar-refractivity contribution < 1.29 is 4.74 Å². The van der Waals surface area contributed by atoms with Crippen LogP contribution >= 0.6 is 15.9 Å². The number of ether oxygens (including phenoxy) is 1. The van der Waals surface area contributed by atoms with Crippen LogP contribution in [0.3, 0.4) is 0 Å². The molecule has 0 saturated heterocycles. The van der Waals surface area contributed by atoms with Gasteiger partial charge in [-0.3, -0.25) is 5.43 Å². The van der Waals surface area contributed by atoms with Gasteiger partial charge in [0.25, 0.3) is 0 Å². The van der Waals surface area contributed by atoms with Crippen molar-refractivity contribution in [2.45, 2.75) is 12.8 Å². The van der Waals surface area contributed by atoms with Gasteiger partial charge >= 0.3 is 0 Å². The Labute approximate surface area is 108 Å². The molecule has 94 valence electrons. The zero-order valence-corrected chi connectivity index (χ0v) is 11.0. The number of aromatic nitrogens is 2. The van der Waals surface area contributed by atoms with Crippen molar-refractivity contribution in [3.63, 3.8) is 0 Å². The molecule has 1 aliphatic rings. The summed E-state index contributed by atoms with van der Waals surface area (Å²) in [5, 5.41) is 3.16. The number of halogens is 1. The largest absolute Gasteiger partial charge is 0.379 e. The number of nitrogen functional groups attached to an aromatic ring is 1. The van der Waals surface area contributed by atoms with Gasteiger partial charge < -0.3 is 10.1 Å². The third-order valence-corrected chi connectivity index (χ3v) is 3.04. The van der Waals surface area contributed by atoms with E-state index in [0.717, 1.165) is 17.0 Å². The quantitative estimate of drug-likeness (QED) is 0.401. The van der Waals surface area contributed by atoms with Gasteiger partial charge in [0.05, 0.1) is 11.1 Å². The highest BCUT2D eigenvalue weighted by atomic mass is 79.9. The summed E-state index contributed by atoms with van der Waals surface area (Å²) in [5.41, 5.74) is 2.41. The van der Waals surface area contributed by atoms with E-state index in [1.54, 1.807) is 6.20 Å². The van der Waals surface area contributed by atoms with E-state index in [2.05, 4.69) is 36.6 Å². The smallest absolute Gasteiger partial charge is 0.239 e. The number of hydrogen-bond donors (Lipinski definition) is 3. The highest BCUT2D eigenvalue weighted by Crippen LogP contribution is 2.28. The Bertz CT molecular complexity index is 372. The fourth-order valence-electron chi connectivity index (χ4n) is 1.34. The first-order valence-electron chi connectivity index (χ1n) is 5.60. The van der Waals surface area contributed by atoms with Crippen LogP contribution in [-0.4, -0.2) is 29.7 Å². The molecular formula is C10H16BrN5O. The predicted molar refractivity (Wildman–Crippen MR) is 69.6 cm³/mol. The Balaban J connectivity index is 1.72. The van der Waals surface area contributed by atoms with Gasteiger partial charge in [0.15, 0.2) is 0 Å². The number of rotatable bonds is 7. The molecule has 1 fully saturated rings. The molecule has 1 aliphatic carbocycles. The van der Waals surface area contributed by atoms with Gasteiger partial charge in [0.1, 0.15) is 5.82 Å². The maximum atomic E-state index is 5.51. The molecule has 0 aromatic carbocycles. The average Bonchev–Trinajstić information content (AvgIpc) is 3.15. The molecule has 0 spiro atoms. The van der Waals surface area contributed by atoms with Gasteiger partial charge in [0.2, 0.25) is 5.95 Å². The minimum absolute atomic E-state index is 0.384. The first-order chi connectivity index (χ1) is 8.29. The molecule has 6 nitrogen and oxygen atoms in total. The van der Waals surface area contributed by atoms with Crippen LogP contribution in [0.2, 0.25) is 0 Å². The van der Waals surface area contributed by atoms with Gasteiger partial charge in [-0.2, -0.15) is 4.98 Å². The van der Waals surface area contributed by atoms with Crippen LogP contribution in [0.1, 0.15) is 12.8 Å². The monoisotopic (exact) mass is 301 g/mol. The van der Waals surface area contributed by atoms with Crippen molar-refractivity contribution in [2.24, 2.45) is 11.8 Å². The fourth-order valence-corrected chi connectivity index (χ4v) is 1.67. The van der Waals surface area contributed by atoms with Crippen LogP contribution < -0.4 is 16.6 Å². The van der Waals surface area contributed by atoms with E-state index < -0.39 is 0 Å². The van der Waals surface area contributed by atoms with Crippen molar-refractivity contribution in [3.05, 3.63) is 10.7 Å². The van der Waals surface area contributed by atoms with Crippen LogP contribution in [0.5, 0.6) is 0 Å². The maximum Gasteiger partial charge on any atom is 0.239 e. The number of nitrogens with zero attached hydrogens (tertiary/aromatic N) is 2. The molecule has 7 heteroatoms. The SMILES string of the molecule is NNc1ncc(Br)c(NCCOCC2CC2)n1. The van der Waals surface area contributed by atoms with Gasteiger partial charge in [0, 0.05) is 19.3 Å². The van der Waals surface area contributed by atoms with Crippen LogP contribution in [0.15, 0.2) is 10.7 Å². The number of nitrogens with one attached hydrogen (secondary N) is 2. The standard InChI is InChI=1S/C10H16BrN5O/c11-8-5-14-10(16-12)15-9(8)13-3-4-17-6-7-1-2-7/h5,7H,1-4,6,12H2,(H2,13,14,15,16). The minimum atomic E-state index is 0.384. The highest BCUT2D eigenvalue weighted by Gasteiger charge is 2.20. The third-order valence-electron chi connectivity index (χ3n) is 2.46. The van der Waals surface area contributed by atoms with Gasteiger partial charge in [-0.1, -0.05) is 0 Å². The molecule has 1 aromatic rings. The van der Waals surface area contributed by atoms with E-state index in [1.165, 1.54) is 12.8 Å². The van der Waals surface area contributed by atoms with Crippen LogP contribution in [0.4, 0.5) is 11.8 Å². The molecule has 17 heavy (non-hydrogen) atoms. The summed E-state index contributed by atoms with van der Waals surface area (Å²) < 4.78 is 6.32. The molecule has 0 atom stereocenters. The van der Waals surface area contributed by atoms with Gasteiger partial charge in [-0.15, -0.1) is 0 Å². The van der Waals surface area contributed by atoms with Crippen LogP contribution in [0.25, 0.3) is 0 Å². The molecule has 1 heterocycles. The van der Waals surface area contributed by atoms with Crippen LogP contribution in [0, 0.1) is 5.92 Å². The molecule has 0 bridgehead atoms. The topological polar surface area (TPSA) is 85.1 Å². The normalized spacial score (nSPS) is 14.7. The Hall–Kier alpha value is -0.920. The third kappa shape index (κ3) is 4.10. The zero-order chi connectivity index (χ0) is 12.1. The van der Waals surface area contributed by atoms with Crippen LogP contribution in [-0.2, 0) is 4.74 Å². The Morgan fingerprint density at radius 3 is 3.06 bits per heavy atom. The van der Waals surface area contributed by atoms with E-state index in [4.69, 9.17) is 10.6 Å². The highest BCUT2D eigenvalue weighted by molar-refractivity contribution is 9.10. The van der Waals surface area contributed by atoms with Crippen molar-refractivity contribution in [1.82, 2.24) is 9.97 Å². The molecule has 1 saturated carbocycles. The van der Waals surface area contributed by atoms with E-state index in [-0.39, 0.29) is 0 Å². The van der Waals surface area contributed by atoms with Gasteiger partial charge in [-0.05, 0) is 34.7 Å². The fraction of sp³-hybridized carbons (Fsp3) is 0.600.